The van der Waals surface area contributed by atoms with Gasteiger partial charge in [0.25, 0.3) is 0 Å². The second kappa shape index (κ2) is 11.3. The number of fused-ring (bicyclic) bond motifs is 1. The topological polar surface area (TPSA) is 67.8 Å². The summed E-state index contributed by atoms with van der Waals surface area (Å²) in [7, 11) is 0. The van der Waals surface area contributed by atoms with Crippen molar-refractivity contribution in [3.05, 3.63) is 95.0 Å². The summed E-state index contributed by atoms with van der Waals surface area (Å²) in [5.41, 5.74) is 2.90. The second-order valence-electron chi connectivity index (χ2n) is 8.22. The SMILES string of the molecule is CCOc1cc(-c2cc(OCCN[C@H](C)c3cccc4ccccc34)cc(C(=O)O)c2)ccc1Cl. The van der Waals surface area contributed by atoms with E-state index in [1.54, 1.807) is 18.2 Å². The Morgan fingerprint density at radius 3 is 2.57 bits per heavy atom. The lowest BCUT2D eigenvalue weighted by Gasteiger charge is -2.17. The molecule has 0 saturated heterocycles. The van der Waals surface area contributed by atoms with Crippen LogP contribution < -0.4 is 14.8 Å². The van der Waals surface area contributed by atoms with E-state index >= 15 is 0 Å². The summed E-state index contributed by atoms with van der Waals surface area (Å²) < 4.78 is 11.5. The summed E-state index contributed by atoms with van der Waals surface area (Å²) >= 11 is 6.21. The molecule has 1 atom stereocenters. The normalized spacial score (nSPS) is 11.9. The molecule has 0 bridgehead atoms. The predicted octanol–water partition coefficient (Wildman–Crippen LogP) is 6.99. The Kier molecular flexibility index (Phi) is 7.91. The van der Waals surface area contributed by atoms with Crippen LogP contribution >= 0.6 is 11.6 Å². The van der Waals surface area contributed by atoms with Gasteiger partial charge < -0.3 is 19.9 Å². The highest BCUT2D eigenvalue weighted by Crippen LogP contribution is 2.33. The summed E-state index contributed by atoms with van der Waals surface area (Å²) in [6.07, 6.45) is 0. The Bertz CT molecular complexity index is 1330. The minimum atomic E-state index is -1.02. The van der Waals surface area contributed by atoms with Crippen molar-refractivity contribution in [1.82, 2.24) is 5.32 Å². The average Bonchev–Trinajstić information content (AvgIpc) is 2.87. The zero-order valence-corrected chi connectivity index (χ0v) is 20.5. The predicted molar refractivity (Wildman–Crippen MR) is 141 cm³/mol. The molecule has 0 amide bonds. The van der Waals surface area contributed by atoms with E-state index in [2.05, 4.69) is 42.6 Å². The Morgan fingerprint density at radius 1 is 0.971 bits per heavy atom. The molecule has 0 aliphatic carbocycles. The van der Waals surface area contributed by atoms with Crippen LogP contribution in [0.15, 0.2) is 78.9 Å². The molecule has 6 heteroatoms. The molecule has 35 heavy (non-hydrogen) atoms. The minimum Gasteiger partial charge on any atom is -0.492 e. The highest BCUT2D eigenvalue weighted by Gasteiger charge is 2.12. The molecular weight excluding hydrogens is 462 g/mol. The van der Waals surface area contributed by atoms with Crippen LogP contribution in [0.3, 0.4) is 0 Å². The molecule has 0 fully saturated rings. The Hall–Kier alpha value is -3.54. The number of nitrogens with one attached hydrogen (secondary N) is 1. The maximum atomic E-state index is 11.7. The summed E-state index contributed by atoms with van der Waals surface area (Å²) in [4.78, 5) is 11.7. The maximum Gasteiger partial charge on any atom is 0.335 e. The lowest BCUT2D eigenvalue weighted by atomic mass is 10.00. The van der Waals surface area contributed by atoms with Crippen molar-refractivity contribution in [1.29, 1.82) is 0 Å². The summed E-state index contributed by atoms with van der Waals surface area (Å²) in [6, 6.07) is 25.2. The number of halogens is 1. The van der Waals surface area contributed by atoms with Crippen LogP contribution in [0.1, 0.15) is 35.8 Å². The lowest BCUT2D eigenvalue weighted by molar-refractivity contribution is 0.0696. The number of carboxylic acid groups (broad SMARTS) is 1. The van der Waals surface area contributed by atoms with Gasteiger partial charge in [-0.15, -0.1) is 0 Å². The first kappa shape index (κ1) is 24.6. The fraction of sp³-hybridized carbons (Fsp3) is 0.207. The van der Waals surface area contributed by atoms with Gasteiger partial charge in [0, 0.05) is 12.6 Å². The molecule has 0 saturated carbocycles. The first-order valence-corrected chi connectivity index (χ1v) is 12.0. The van der Waals surface area contributed by atoms with Crippen molar-refractivity contribution >= 4 is 28.3 Å². The quantitative estimate of drug-likeness (QED) is 0.235. The number of benzene rings is 4. The molecule has 0 aromatic heterocycles. The van der Waals surface area contributed by atoms with E-state index in [9.17, 15) is 9.90 Å². The van der Waals surface area contributed by atoms with Crippen molar-refractivity contribution in [3.63, 3.8) is 0 Å². The highest BCUT2D eigenvalue weighted by molar-refractivity contribution is 6.32. The molecule has 4 aromatic carbocycles. The fourth-order valence-corrected chi connectivity index (χ4v) is 4.28. The van der Waals surface area contributed by atoms with Crippen molar-refractivity contribution in [3.8, 4) is 22.6 Å². The smallest absolute Gasteiger partial charge is 0.335 e. The van der Waals surface area contributed by atoms with E-state index in [0.29, 0.717) is 36.3 Å². The lowest BCUT2D eigenvalue weighted by Crippen LogP contribution is -2.24. The molecule has 0 aliphatic rings. The van der Waals surface area contributed by atoms with E-state index in [0.717, 1.165) is 11.1 Å². The van der Waals surface area contributed by atoms with Crippen LogP contribution in [0.5, 0.6) is 11.5 Å². The summed E-state index contributed by atoms with van der Waals surface area (Å²) in [5, 5.41) is 16.1. The monoisotopic (exact) mass is 489 g/mol. The fourth-order valence-electron chi connectivity index (χ4n) is 4.10. The number of hydrogen-bond acceptors (Lipinski definition) is 4. The number of carbonyl (C=O) groups is 1. The second-order valence-corrected chi connectivity index (χ2v) is 8.63. The van der Waals surface area contributed by atoms with Gasteiger partial charge in [0.05, 0.1) is 17.2 Å². The van der Waals surface area contributed by atoms with Crippen LogP contribution in [-0.4, -0.2) is 30.8 Å². The van der Waals surface area contributed by atoms with Crippen LogP contribution in [-0.2, 0) is 0 Å². The molecule has 4 aromatic rings. The molecule has 5 nitrogen and oxygen atoms in total. The van der Waals surface area contributed by atoms with Crippen molar-refractivity contribution in [2.45, 2.75) is 19.9 Å². The molecule has 0 radical (unpaired) electrons. The van der Waals surface area contributed by atoms with Crippen molar-refractivity contribution in [2.75, 3.05) is 19.8 Å². The third kappa shape index (κ3) is 5.94. The van der Waals surface area contributed by atoms with Crippen LogP contribution in [0.2, 0.25) is 5.02 Å². The van der Waals surface area contributed by atoms with Gasteiger partial charge in [0.2, 0.25) is 0 Å². The molecule has 0 unspecified atom stereocenters. The van der Waals surface area contributed by atoms with Crippen molar-refractivity contribution in [2.24, 2.45) is 0 Å². The molecule has 180 valence electrons. The van der Waals surface area contributed by atoms with Gasteiger partial charge in [0.1, 0.15) is 18.1 Å². The van der Waals surface area contributed by atoms with E-state index in [-0.39, 0.29) is 11.6 Å². The van der Waals surface area contributed by atoms with Gasteiger partial charge >= 0.3 is 5.97 Å². The Labute approximate surface area is 210 Å². The standard InChI is InChI=1S/C29H28ClNO4/c1-3-34-28-18-21(11-12-27(28)30)22-15-23(29(32)33)17-24(16-22)35-14-13-31-19(2)25-10-6-8-20-7-4-5-9-26(20)25/h4-12,15-19,31H,3,13-14H2,1-2H3,(H,32,33)/t19-/m1/s1. The minimum absolute atomic E-state index is 0.136. The van der Waals surface area contributed by atoms with Gasteiger partial charge in [-0.3, -0.25) is 0 Å². The van der Waals surface area contributed by atoms with Gasteiger partial charge in [0.15, 0.2) is 0 Å². The van der Waals surface area contributed by atoms with Crippen molar-refractivity contribution < 1.29 is 19.4 Å². The number of rotatable bonds is 10. The first-order chi connectivity index (χ1) is 17.0. The van der Waals surface area contributed by atoms with Gasteiger partial charge in [-0.05, 0) is 71.6 Å². The highest BCUT2D eigenvalue weighted by atomic mass is 35.5. The summed E-state index contributed by atoms with van der Waals surface area (Å²) in [6.45, 7) is 5.49. The van der Waals surface area contributed by atoms with Gasteiger partial charge in [-0.25, -0.2) is 4.79 Å². The first-order valence-electron chi connectivity index (χ1n) is 11.6. The van der Waals surface area contributed by atoms with E-state index in [1.807, 2.05) is 37.3 Å². The third-order valence-corrected chi connectivity index (χ3v) is 6.14. The van der Waals surface area contributed by atoms with E-state index in [1.165, 1.54) is 16.3 Å². The average molecular weight is 490 g/mol. The number of aromatic carboxylic acids is 1. The number of carboxylic acids is 1. The molecule has 0 aliphatic heterocycles. The van der Waals surface area contributed by atoms with Gasteiger partial charge in [-0.1, -0.05) is 60.1 Å². The Balaban J connectivity index is 1.46. The number of hydrogen-bond donors (Lipinski definition) is 2. The molecule has 0 heterocycles. The molecule has 4 rings (SSSR count). The van der Waals surface area contributed by atoms with E-state index in [4.69, 9.17) is 21.1 Å². The Morgan fingerprint density at radius 2 is 1.77 bits per heavy atom. The summed E-state index contributed by atoms with van der Waals surface area (Å²) in [5.74, 6) is 0.0345. The number of ether oxygens (including phenoxy) is 2. The molecular formula is C29H28ClNO4. The third-order valence-electron chi connectivity index (χ3n) is 5.83. The zero-order valence-electron chi connectivity index (χ0n) is 19.8. The molecule has 0 spiro atoms. The zero-order chi connectivity index (χ0) is 24.8. The van der Waals surface area contributed by atoms with Crippen LogP contribution in [0, 0.1) is 0 Å². The van der Waals surface area contributed by atoms with Gasteiger partial charge in [-0.2, -0.15) is 0 Å². The largest absolute Gasteiger partial charge is 0.492 e. The van der Waals surface area contributed by atoms with E-state index < -0.39 is 5.97 Å². The van der Waals surface area contributed by atoms with Crippen LogP contribution in [0.4, 0.5) is 0 Å². The maximum absolute atomic E-state index is 11.7. The van der Waals surface area contributed by atoms with Crippen LogP contribution in [0.25, 0.3) is 21.9 Å². The molecule has 2 N–H and O–H groups in total.